The number of carbonyl (C=O) groups excluding carboxylic acids is 2. The van der Waals surface area contributed by atoms with Crippen molar-refractivity contribution in [3.8, 4) is 5.75 Å². The van der Waals surface area contributed by atoms with Gasteiger partial charge in [-0.3, -0.25) is 9.59 Å². The first-order valence-corrected chi connectivity index (χ1v) is 9.76. The zero-order valence-corrected chi connectivity index (χ0v) is 17.8. The Balaban J connectivity index is 2.30. The number of rotatable bonds is 9. The molecule has 0 saturated carbocycles. The molecule has 1 heterocycles. The first-order chi connectivity index (χ1) is 13.3. The van der Waals surface area contributed by atoms with Crippen LogP contribution >= 0.6 is 11.3 Å². The van der Waals surface area contributed by atoms with Crippen LogP contribution in [0.1, 0.15) is 58.1 Å². The van der Waals surface area contributed by atoms with Crippen LogP contribution in [0.4, 0.5) is 5.69 Å². The van der Waals surface area contributed by atoms with Gasteiger partial charge in [-0.15, -0.1) is 11.3 Å². The summed E-state index contributed by atoms with van der Waals surface area (Å²) in [5.41, 5.74) is 2.34. The molecule has 2 aromatic rings. The fourth-order valence-corrected chi connectivity index (χ4v) is 3.39. The van der Waals surface area contributed by atoms with E-state index in [4.69, 9.17) is 14.2 Å². The van der Waals surface area contributed by atoms with Crippen LogP contribution in [0.2, 0.25) is 0 Å². The van der Waals surface area contributed by atoms with Crippen molar-refractivity contribution in [3.63, 3.8) is 0 Å². The summed E-state index contributed by atoms with van der Waals surface area (Å²) in [5.74, 6) is 0.255. The predicted molar refractivity (Wildman–Crippen MR) is 109 cm³/mol. The Labute approximate surface area is 169 Å². The number of nitrogens with one attached hydrogen (secondary N) is 1. The zero-order chi connectivity index (χ0) is 20.8. The molecule has 0 atom stereocenters. The van der Waals surface area contributed by atoms with Gasteiger partial charge < -0.3 is 19.5 Å². The predicted octanol–water partition coefficient (Wildman–Crippen LogP) is 4.03. The van der Waals surface area contributed by atoms with Gasteiger partial charge in [-0.2, -0.15) is 0 Å². The fourth-order valence-electron chi connectivity index (χ4n) is 2.52. The van der Waals surface area contributed by atoms with Gasteiger partial charge >= 0.3 is 0 Å². The summed E-state index contributed by atoms with van der Waals surface area (Å²) in [7, 11) is 3.04. The monoisotopic (exact) mass is 406 g/mol. The van der Waals surface area contributed by atoms with Gasteiger partial charge in [0.25, 0.3) is 5.91 Å². The second-order valence-electron chi connectivity index (χ2n) is 6.57. The van der Waals surface area contributed by atoms with Gasteiger partial charge in [0.1, 0.15) is 12.4 Å². The standard InChI is InChI=1S/C20H26N2O5S/c1-11(2)15-10-28-20(21-15)19(24)22-18-12(3)16(8-7-14(18)13(4)23)27-9-17(25-5)26-6/h7-8,10-11,17H,9H2,1-6H3,(H,22,24). The lowest BCUT2D eigenvalue weighted by atomic mass is 10.0. The maximum absolute atomic E-state index is 12.7. The van der Waals surface area contributed by atoms with Crippen LogP contribution in [-0.2, 0) is 9.47 Å². The molecular weight excluding hydrogens is 380 g/mol. The van der Waals surface area contributed by atoms with Crippen LogP contribution in [0.3, 0.4) is 0 Å². The highest BCUT2D eigenvalue weighted by Crippen LogP contribution is 2.31. The average molecular weight is 407 g/mol. The molecule has 7 nitrogen and oxygen atoms in total. The quantitative estimate of drug-likeness (QED) is 0.500. The Morgan fingerprint density at radius 3 is 2.43 bits per heavy atom. The summed E-state index contributed by atoms with van der Waals surface area (Å²) >= 11 is 1.28. The lowest BCUT2D eigenvalue weighted by Gasteiger charge is -2.18. The molecule has 8 heteroatoms. The minimum atomic E-state index is -0.519. The summed E-state index contributed by atoms with van der Waals surface area (Å²) in [5, 5.41) is 5.05. The molecule has 0 saturated heterocycles. The van der Waals surface area contributed by atoms with E-state index >= 15 is 0 Å². The number of hydrogen-bond donors (Lipinski definition) is 1. The molecule has 1 aromatic carbocycles. The molecular formula is C20H26N2O5S. The molecule has 0 bridgehead atoms. The zero-order valence-electron chi connectivity index (χ0n) is 17.0. The van der Waals surface area contributed by atoms with E-state index in [1.54, 1.807) is 19.1 Å². The molecule has 0 spiro atoms. The SMILES string of the molecule is COC(COc1ccc(C(C)=O)c(NC(=O)c2nc(C(C)C)cs2)c1C)OC. The number of ketones is 1. The number of methoxy groups -OCH3 is 2. The summed E-state index contributed by atoms with van der Waals surface area (Å²) in [6, 6.07) is 3.33. The van der Waals surface area contributed by atoms with Crippen molar-refractivity contribution in [2.24, 2.45) is 0 Å². The van der Waals surface area contributed by atoms with Crippen LogP contribution in [-0.4, -0.2) is 43.8 Å². The molecule has 0 radical (unpaired) electrons. The highest BCUT2D eigenvalue weighted by atomic mass is 32.1. The average Bonchev–Trinajstić information content (AvgIpc) is 3.15. The molecule has 0 aliphatic heterocycles. The third-order valence-corrected chi connectivity index (χ3v) is 5.10. The first kappa shape index (κ1) is 22.0. The molecule has 1 amide bonds. The number of carbonyl (C=O) groups is 2. The van der Waals surface area contributed by atoms with Crippen LogP contribution < -0.4 is 10.1 Å². The number of ether oxygens (including phenoxy) is 3. The molecule has 0 fully saturated rings. The Bertz CT molecular complexity index is 843. The van der Waals surface area contributed by atoms with E-state index in [0.717, 1.165) is 5.69 Å². The van der Waals surface area contributed by atoms with E-state index in [-0.39, 0.29) is 24.2 Å². The van der Waals surface area contributed by atoms with Gasteiger partial charge in [0.05, 0.1) is 11.4 Å². The van der Waals surface area contributed by atoms with Crippen molar-refractivity contribution in [2.75, 3.05) is 26.1 Å². The lowest BCUT2D eigenvalue weighted by molar-refractivity contribution is -0.122. The lowest BCUT2D eigenvalue weighted by Crippen LogP contribution is -2.22. The normalized spacial score (nSPS) is 11.1. The van der Waals surface area contributed by atoms with Crippen molar-refractivity contribution in [2.45, 2.75) is 39.9 Å². The Kier molecular flexibility index (Phi) is 7.68. The van der Waals surface area contributed by atoms with E-state index < -0.39 is 6.29 Å². The topological polar surface area (TPSA) is 86.8 Å². The smallest absolute Gasteiger partial charge is 0.284 e. The maximum Gasteiger partial charge on any atom is 0.284 e. The fraction of sp³-hybridized carbons (Fsp3) is 0.450. The Morgan fingerprint density at radius 1 is 1.21 bits per heavy atom. The number of nitrogens with zero attached hydrogens (tertiary/aromatic N) is 1. The van der Waals surface area contributed by atoms with Crippen molar-refractivity contribution in [3.05, 3.63) is 39.3 Å². The van der Waals surface area contributed by atoms with Crippen molar-refractivity contribution in [1.82, 2.24) is 4.98 Å². The summed E-state index contributed by atoms with van der Waals surface area (Å²) in [6.45, 7) is 7.45. The molecule has 28 heavy (non-hydrogen) atoms. The van der Waals surface area contributed by atoms with Gasteiger partial charge in [-0.25, -0.2) is 4.98 Å². The van der Waals surface area contributed by atoms with E-state index in [0.29, 0.717) is 27.6 Å². The molecule has 0 aliphatic carbocycles. The maximum atomic E-state index is 12.7. The second kappa shape index (κ2) is 9.77. The highest BCUT2D eigenvalue weighted by molar-refractivity contribution is 7.11. The van der Waals surface area contributed by atoms with Crippen LogP contribution in [0.15, 0.2) is 17.5 Å². The Hall–Kier alpha value is -2.29. The minimum absolute atomic E-state index is 0.154. The number of aromatic nitrogens is 1. The van der Waals surface area contributed by atoms with Crippen LogP contribution in [0.5, 0.6) is 5.75 Å². The summed E-state index contributed by atoms with van der Waals surface area (Å²) in [4.78, 5) is 29.1. The van der Waals surface area contributed by atoms with Crippen molar-refractivity contribution in [1.29, 1.82) is 0 Å². The van der Waals surface area contributed by atoms with Gasteiger partial charge in [0, 0.05) is 30.7 Å². The summed E-state index contributed by atoms with van der Waals surface area (Å²) in [6.07, 6.45) is -0.519. The number of amides is 1. The van der Waals surface area contributed by atoms with E-state index in [1.165, 1.54) is 32.5 Å². The summed E-state index contributed by atoms with van der Waals surface area (Å²) < 4.78 is 16.0. The number of benzene rings is 1. The van der Waals surface area contributed by atoms with Gasteiger partial charge in [0.2, 0.25) is 0 Å². The number of Topliss-reactive ketones (excluding diaryl/α,β-unsaturated/α-hetero) is 1. The van der Waals surface area contributed by atoms with Crippen molar-refractivity contribution < 1.29 is 23.8 Å². The number of thiazole rings is 1. The number of anilines is 1. The van der Waals surface area contributed by atoms with E-state index in [1.807, 2.05) is 19.2 Å². The molecule has 152 valence electrons. The van der Waals surface area contributed by atoms with Crippen LogP contribution in [0, 0.1) is 6.92 Å². The highest BCUT2D eigenvalue weighted by Gasteiger charge is 2.20. The first-order valence-electron chi connectivity index (χ1n) is 8.88. The molecule has 1 N–H and O–H groups in total. The number of hydrogen-bond acceptors (Lipinski definition) is 7. The van der Waals surface area contributed by atoms with Crippen molar-refractivity contribution >= 4 is 28.7 Å². The van der Waals surface area contributed by atoms with Gasteiger partial charge in [-0.1, -0.05) is 13.8 Å². The molecule has 2 rings (SSSR count). The van der Waals surface area contributed by atoms with Gasteiger partial charge in [-0.05, 0) is 31.9 Å². The van der Waals surface area contributed by atoms with Gasteiger partial charge in [0.15, 0.2) is 17.1 Å². The molecule has 0 unspecified atom stereocenters. The van der Waals surface area contributed by atoms with E-state index in [9.17, 15) is 9.59 Å². The second-order valence-corrected chi connectivity index (χ2v) is 7.42. The largest absolute Gasteiger partial charge is 0.488 e. The minimum Gasteiger partial charge on any atom is -0.488 e. The molecule has 1 aromatic heterocycles. The molecule has 0 aliphatic rings. The Morgan fingerprint density at radius 2 is 1.89 bits per heavy atom. The third kappa shape index (κ3) is 5.15. The van der Waals surface area contributed by atoms with Crippen LogP contribution in [0.25, 0.3) is 0 Å². The van der Waals surface area contributed by atoms with E-state index in [2.05, 4.69) is 10.3 Å². The third-order valence-electron chi connectivity index (χ3n) is 4.24.